The van der Waals surface area contributed by atoms with Crippen LogP contribution in [0.2, 0.25) is 10.0 Å². The molecule has 2 aromatic carbocycles. The molecule has 1 N–H and O–H groups in total. The molecule has 1 aromatic heterocycles. The molecule has 0 bridgehead atoms. The normalized spacial score (nSPS) is 14.6. The highest BCUT2D eigenvalue weighted by Crippen LogP contribution is 2.45. The molecular weight excluding hydrogens is 403 g/mol. The minimum absolute atomic E-state index is 0.230. The zero-order valence-corrected chi connectivity index (χ0v) is 17.4. The molecule has 1 aliphatic rings. The van der Waals surface area contributed by atoms with E-state index >= 15 is 0 Å². The molecule has 0 saturated heterocycles. The molecule has 0 radical (unpaired) electrons. The van der Waals surface area contributed by atoms with Crippen LogP contribution in [0.5, 0.6) is 11.5 Å². The molecule has 1 aliphatic heterocycles. The van der Waals surface area contributed by atoms with Gasteiger partial charge in [0.1, 0.15) is 5.60 Å². The Morgan fingerprint density at radius 3 is 2.85 bits per heavy atom. The molecule has 3 aromatic rings. The van der Waals surface area contributed by atoms with Crippen LogP contribution in [0.15, 0.2) is 35.7 Å². The lowest BCUT2D eigenvalue weighted by atomic mass is 9.99. The fourth-order valence-corrected chi connectivity index (χ4v) is 4.24. The Labute approximate surface area is 172 Å². The van der Waals surface area contributed by atoms with Crippen molar-refractivity contribution >= 4 is 45.4 Å². The van der Waals surface area contributed by atoms with Gasteiger partial charge in [0.15, 0.2) is 16.6 Å². The highest BCUT2D eigenvalue weighted by Gasteiger charge is 2.33. The van der Waals surface area contributed by atoms with Crippen LogP contribution in [0.25, 0.3) is 11.3 Å². The molecule has 0 amide bonds. The summed E-state index contributed by atoms with van der Waals surface area (Å²) >= 11 is 13.8. The van der Waals surface area contributed by atoms with Crippen LogP contribution in [0.1, 0.15) is 19.4 Å². The van der Waals surface area contributed by atoms with Gasteiger partial charge >= 0.3 is 0 Å². The van der Waals surface area contributed by atoms with E-state index in [4.69, 9.17) is 37.7 Å². The predicted octanol–water partition coefficient (Wildman–Crippen LogP) is 6.58. The van der Waals surface area contributed by atoms with Crippen LogP contribution in [0, 0.1) is 0 Å². The highest BCUT2D eigenvalue weighted by molar-refractivity contribution is 7.14. The third kappa shape index (κ3) is 3.59. The topological polar surface area (TPSA) is 43.4 Å². The van der Waals surface area contributed by atoms with E-state index in [0.717, 1.165) is 45.6 Å². The lowest BCUT2D eigenvalue weighted by Crippen LogP contribution is -2.24. The molecule has 4 nitrogen and oxygen atoms in total. The number of ether oxygens (including phenoxy) is 2. The first-order valence-electron chi connectivity index (χ1n) is 8.43. The number of nitrogens with zero attached hydrogens (tertiary/aromatic N) is 1. The molecular formula is C20H18Cl2N2O2S. The van der Waals surface area contributed by atoms with Crippen molar-refractivity contribution in [1.29, 1.82) is 0 Å². The van der Waals surface area contributed by atoms with E-state index in [0.29, 0.717) is 10.0 Å². The third-order valence-electron chi connectivity index (χ3n) is 4.34. The number of rotatable bonds is 4. The Bertz CT molecular complexity index is 1020. The summed E-state index contributed by atoms with van der Waals surface area (Å²) in [7, 11) is 1.66. The summed E-state index contributed by atoms with van der Waals surface area (Å²) in [5.41, 5.74) is 3.49. The minimum atomic E-state index is -0.230. The largest absolute Gasteiger partial charge is 0.493 e. The first-order valence-corrected chi connectivity index (χ1v) is 10.1. The van der Waals surface area contributed by atoms with Gasteiger partial charge in [0, 0.05) is 22.9 Å². The van der Waals surface area contributed by atoms with Crippen molar-refractivity contribution in [1.82, 2.24) is 4.98 Å². The van der Waals surface area contributed by atoms with Crippen molar-refractivity contribution in [3.8, 4) is 22.8 Å². The second-order valence-electron chi connectivity index (χ2n) is 6.97. The first kappa shape index (κ1) is 18.4. The van der Waals surface area contributed by atoms with Crippen molar-refractivity contribution < 1.29 is 9.47 Å². The molecule has 0 unspecified atom stereocenters. The van der Waals surface area contributed by atoms with Crippen LogP contribution >= 0.6 is 34.5 Å². The fraction of sp³-hybridized carbons (Fsp3) is 0.250. The van der Waals surface area contributed by atoms with E-state index in [1.807, 2.05) is 23.6 Å². The van der Waals surface area contributed by atoms with Crippen molar-refractivity contribution in [2.24, 2.45) is 0 Å². The van der Waals surface area contributed by atoms with E-state index in [2.05, 4.69) is 25.2 Å². The number of hydrogen-bond acceptors (Lipinski definition) is 5. The SMILES string of the molecule is COc1cc(-c2csc(Nc3cccc(Cl)c3Cl)n2)cc2c1OC(C)(C)C2. The maximum Gasteiger partial charge on any atom is 0.187 e. The summed E-state index contributed by atoms with van der Waals surface area (Å²) in [5, 5.41) is 6.96. The standard InChI is InChI=1S/C20H18Cl2N2O2S/c1-20(2)9-12-7-11(8-16(25-3)18(12)26-20)15-10-27-19(24-15)23-14-6-4-5-13(21)17(14)22/h4-8,10H,9H2,1-3H3,(H,23,24). The number of halogens is 2. The van der Waals surface area contributed by atoms with E-state index in [9.17, 15) is 0 Å². The van der Waals surface area contributed by atoms with Gasteiger partial charge in [-0.2, -0.15) is 0 Å². The van der Waals surface area contributed by atoms with Crippen molar-refractivity contribution in [2.45, 2.75) is 25.9 Å². The highest BCUT2D eigenvalue weighted by atomic mass is 35.5. The zero-order valence-electron chi connectivity index (χ0n) is 15.1. The van der Waals surface area contributed by atoms with Gasteiger partial charge in [0.25, 0.3) is 0 Å². The maximum absolute atomic E-state index is 6.25. The molecule has 0 spiro atoms. The van der Waals surface area contributed by atoms with Gasteiger partial charge in [0.05, 0.1) is 28.5 Å². The summed E-state index contributed by atoms with van der Waals surface area (Å²) in [4.78, 5) is 4.69. The van der Waals surface area contributed by atoms with Gasteiger partial charge in [-0.15, -0.1) is 11.3 Å². The van der Waals surface area contributed by atoms with Gasteiger partial charge in [-0.25, -0.2) is 4.98 Å². The van der Waals surface area contributed by atoms with Crippen molar-refractivity contribution in [3.05, 3.63) is 51.3 Å². The molecule has 7 heteroatoms. The maximum atomic E-state index is 6.25. The number of thiazole rings is 1. The molecule has 0 aliphatic carbocycles. The summed E-state index contributed by atoms with van der Waals surface area (Å²) < 4.78 is 11.6. The Hall–Kier alpha value is -1.95. The third-order valence-corrected chi connectivity index (χ3v) is 5.92. The first-order chi connectivity index (χ1) is 12.9. The summed E-state index contributed by atoms with van der Waals surface area (Å²) in [6.07, 6.45) is 0.833. The van der Waals surface area contributed by atoms with Crippen LogP contribution in [0.3, 0.4) is 0 Å². The molecule has 0 saturated carbocycles. The Kier molecular flexibility index (Phi) is 4.70. The quantitative estimate of drug-likeness (QED) is 0.517. The Morgan fingerprint density at radius 1 is 1.26 bits per heavy atom. The predicted molar refractivity (Wildman–Crippen MR) is 112 cm³/mol. The smallest absolute Gasteiger partial charge is 0.187 e. The molecule has 0 fully saturated rings. The van der Waals surface area contributed by atoms with Gasteiger partial charge in [0.2, 0.25) is 0 Å². The summed E-state index contributed by atoms with van der Waals surface area (Å²) in [5.74, 6) is 1.55. The van der Waals surface area contributed by atoms with Crippen LogP contribution in [0.4, 0.5) is 10.8 Å². The number of hydrogen-bond donors (Lipinski definition) is 1. The van der Waals surface area contributed by atoms with E-state index < -0.39 is 0 Å². The average molecular weight is 421 g/mol. The Balaban J connectivity index is 1.65. The minimum Gasteiger partial charge on any atom is -0.493 e. The van der Waals surface area contributed by atoms with E-state index in [1.54, 1.807) is 13.2 Å². The fourth-order valence-electron chi connectivity index (χ4n) is 3.16. The lowest BCUT2D eigenvalue weighted by Gasteiger charge is -2.17. The summed E-state index contributed by atoms with van der Waals surface area (Å²) in [6.45, 7) is 4.15. The van der Waals surface area contributed by atoms with E-state index in [-0.39, 0.29) is 5.60 Å². The van der Waals surface area contributed by atoms with Gasteiger partial charge < -0.3 is 14.8 Å². The molecule has 2 heterocycles. The number of methoxy groups -OCH3 is 1. The Morgan fingerprint density at radius 2 is 2.07 bits per heavy atom. The second-order valence-corrected chi connectivity index (χ2v) is 8.61. The second kappa shape index (κ2) is 6.89. The lowest BCUT2D eigenvalue weighted by molar-refractivity contribution is 0.134. The number of benzene rings is 2. The zero-order chi connectivity index (χ0) is 19.2. The van der Waals surface area contributed by atoms with Gasteiger partial charge in [-0.3, -0.25) is 0 Å². The average Bonchev–Trinajstić information content (AvgIpc) is 3.20. The monoisotopic (exact) mass is 420 g/mol. The van der Waals surface area contributed by atoms with Crippen molar-refractivity contribution in [3.63, 3.8) is 0 Å². The van der Waals surface area contributed by atoms with Crippen LogP contribution < -0.4 is 14.8 Å². The van der Waals surface area contributed by atoms with E-state index in [1.165, 1.54) is 11.3 Å². The van der Waals surface area contributed by atoms with Gasteiger partial charge in [-0.1, -0.05) is 29.3 Å². The number of fused-ring (bicyclic) bond motifs is 1. The summed E-state index contributed by atoms with van der Waals surface area (Å²) in [6, 6.07) is 9.55. The number of aromatic nitrogens is 1. The van der Waals surface area contributed by atoms with Crippen molar-refractivity contribution in [2.75, 3.05) is 12.4 Å². The van der Waals surface area contributed by atoms with Crippen LogP contribution in [-0.4, -0.2) is 17.7 Å². The molecule has 140 valence electrons. The number of nitrogens with one attached hydrogen (secondary N) is 1. The van der Waals surface area contributed by atoms with Gasteiger partial charge in [-0.05, 0) is 38.1 Å². The molecule has 4 rings (SSSR count). The molecule has 27 heavy (non-hydrogen) atoms. The van der Waals surface area contributed by atoms with Crippen LogP contribution in [-0.2, 0) is 6.42 Å². The number of anilines is 2. The molecule has 0 atom stereocenters.